The average molecular weight is 244 g/mol. The van der Waals surface area contributed by atoms with Crippen molar-refractivity contribution in [3.63, 3.8) is 0 Å². The minimum absolute atomic E-state index is 0.329. The summed E-state index contributed by atoms with van der Waals surface area (Å²) >= 11 is 0. The first-order valence-electron chi connectivity index (χ1n) is 7.33. The van der Waals surface area contributed by atoms with Crippen LogP contribution in [0.25, 0.3) is 0 Å². The van der Waals surface area contributed by atoms with Crippen LogP contribution in [0.5, 0.6) is 0 Å². The molecule has 0 bridgehead atoms. The summed E-state index contributed by atoms with van der Waals surface area (Å²) in [6, 6.07) is 0. The molecule has 0 spiro atoms. The van der Waals surface area contributed by atoms with Crippen molar-refractivity contribution in [2.24, 2.45) is 5.92 Å². The lowest BCUT2D eigenvalue weighted by atomic mass is 9.82. The SMILES string of the molecule is CCCCC(CC)CC(O)C(CC)(CC)OC. The van der Waals surface area contributed by atoms with Crippen LogP contribution in [0, 0.1) is 5.92 Å². The zero-order valence-corrected chi connectivity index (χ0v) is 12.5. The Bertz CT molecular complexity index is 167. The molecule has 1 N–H and O–H groups in total. The van der Waals surface area contributed by atoms with Gasteiger partial charge in [-0.3, -0.25) is 0 Å². The molecule has 0 heterocycles. The standard InChI is InChI=1S/C15H32O2/c1-6-10-11-13(7-2)12-14(16)15(8-3,9-4)17-5/h13-14,16H,6-12H2,1-5H3. The molecule has 0 fully saturated rings. The summed E-state index contributed by atoms with van der Waals surface area (Å²) in [5.74, 6) is 0.637. The fourth-order valence-electron chi connectivity index (χ4n) is 2.66. The highest BCUT2D eigenvalue weighted by atomic mass is 16.5. The van der Waals surface area contributed by atoms with E-state index < -0.39 is 0 Å². The third-order valence-corrected chi connectivity index (χ3v) is 4.31. The minimum atomic E-state index is -0.334. The van der Waals surface area contributed by atoms with Crippen molar-refractivity contribution in [2.45, 2.75) is 84.3 Å². The quantitative estimate of drug-likeness (QED) is 0.625. The molecule has 0 aromatic carbocycles. The predicted molar refractivity (Wildman–Crippen MR) is 74.3 cm³/mol. The highest BCUT2D eigenvalue weighted by Crippen LogP contribution is 2.30. The van der Waals surface area contributed by atoms with Gasteiger partial charge < -0.3 is 9.84 Å². The topological polar surface area (TPSA) is 29.5 Å². The number of ether oxygens (including phenoxy) is 1. The number of methoxy groups -OCH3 is 1. The van der Waals surface area contributed by atoms with Crippen LogP contribution in [0.4, 0.5) is 0 Å². The smallest absolute Gasteiger partial charge is 0.0931 e. The van der Waals surface area contributed by atoms with Crippen molar-refractivity contribution in [1.82, 2.24) is 0 Å². The van der Waals surface area contributed by atoms with Gasteiger partial charge in [-0.25, -0.2) is 0 Å². The van der Waals surface area contributed by atoms with Gasteiger partial charge in [0, 0.05) is 7.11 Å². The van der Waals surface area contributed by atoms with Crippen LogP contribution in [-0.4, -0.2) is 23.9 Å². The summed E-state index contributed by atoms with van der Waals surface area (Å²) < 4.78 is 5.60. The zero-order valence-electron chi connectivity index (χ0n) is 12.5. The van der Waals surface area contributed by atoms with Crippen LogP contribution in [0.3, 0.4) is 0 Å². The Kier molecular flexibility index (Phi) is 8.89. The average Bonchev–Trinajstić information content (AvgIpc) is 2.37. The lowest BCUT2D eigenvalue weighted by Gasteiger charge is -2.36. The van der Waals surface area contributed by atoms with Gasteiger partial charge in [-0.2, -0.15) is 0 Å². The molecule has 0 aromatic rings. The molecule has 0 radical (unpaired) electrons. The molecule has 0 amide bonds. The molecule has 0 aromatic heterocycles. The second-order valence-electron chi connectivity index (χ2n) is 5.14. The maximum Gasteiger partial charge on any atom is 0.0931 e. The Morgan fingerprint density at radius 3 is 2.06 bits per heavy atom. The molecule has 17 heavy (non-hydrogen) atoms. The molecule has 0 saturated heterocycles. The fraction of sp³-hybridized carbons (Fsp3) is 1.00. The van der Waals surface area contributed by atoms with Crippen molar-refractivity contribution in [2.75, 3.05) is 7.11 Å². The largest absolute Gasteiger partial charge is 0.390 e. The molecule has 2 unspecified atom stereocenters. The third-order valence-electron chi connectivity index (χ3n) is 4.31. The molecule has 2 atom stereocenters. The molecule has 104 valence electrons. The first kappa shape index (κ1) is 16.9. The summed E-state index contributed by atoms with van der Waals surface area (Å²) in [6.07, 6.45) is 7.21. The van der Waals surface area contributed by atoms with Crippen LogP contribution in [0.15, 0.2) is 0 Å². The Morgan fingerprint density at radius 1 is 1.12 bits per heavy atom. The highest BCUT2D eigenvalue weighted by Gasteiger charge is 2.35. The van der Waals surface area contributed by atoms with Gasteiger partial charge in [-0.1, -0.05) is 53.4 Å². The molecule has 0 rings (SSSR count). The van der Waals surface area contributed by atoms with E-state index in [0.29, 0.717) is 5.92 Å². The minimum Gasteiger partial charge on any atom is -0.390 e. The van der Waals surface area contributed by atoms with E-state index in [2.05, 4.69) is 27.7 Å². The molecule has 0 aliphatic heterocycles. The van der Waals surface area contributed by atoms with E-state index in [1.54, 1.807) is 7.11 Å². The van der Waals surface area contributed by atoms with Crippen molar-refractivity contribution >= 4 is 0 Å². The van der Waals surface area contributed by atoms with Crippen molar-refractivity contribution in [3.05, 3.63) is 0 Å². The van der Waals surface area contributed by atoms with Gasteiger partial charge >= 0.3 is 0 Å². The molecule has 0 saturated carbocycles. The zero-order chi connectivity index (χ0) is 13.3. The number of aliphatic hydroxyl groups excluding tert-OH is 1. The van der Waals surface area contributed by atoms with Crippen LogP contribution in [-0.2, 0) is 4.74 Å². The maximum absolute atomic E-state index is 10.4. The molecule has 2 heteroatoms. The molecular formula is C15H32O2. The van der Waals surface area contributed by atoms with Crippen molar-refractivity contribution in [1.29, 1.82) is 0 Å². The summed E-state index contributed by atoms with van der Waals surface area (Å²) in [7, 11) is 1.73. The van der Waals surface area contributed by atoms with Crippen LogP contribution in [0.1, 0.15) is 72.6 Å². The Labute approximate surface area is 108 Å². The van der Waals surface area contributed by atoms with E-state index in [0.717, 1.165) is 25.7 Å². The third kappa shape index (κ3) is 4.97. The number of unbranched alkanes of at least 4 members (excludes halogenated alkanes) is 1. The maximum atomic E-state index is 10.4. The van der Waals surface area contributed by atoms with E-state index >= 15 is 0 Å². The molecule has 0 aliphatic carbocycles. The molecule has 0 aliphatic rings. The summed E-state index contributed by atoms with van der Waals surface area (Å²) in [5.41, 5.74) is -0.334. The monoisotopic (exact) mass is 244 g/mol. The number of rotatable bonds is 10. The lowest BCUT2D eigenvalue weighted by molar-refractivity contribution is -0.115. The van der Waals surface area contributed by atoms with Crippen LogP contribution < -0.4 is 0 Å². The highest BCUT2D eigenvalue weighted by molar-refractivity contribution is 4.87. The molecule has 2 nitrogen and oxygen atoms in total. The molecular weight excluding hydrogens is 212 g/mol. The van der Waals surface area contributed by atoms with Crippen LogP contribution in [0.2, 0.25) is 0 Å². The van der Waals surface area contributed by atoms with Gasteiger partial charge in [-0.05, 0) is 25.2 Å². The van der Waals surface area contributed by atoms with E-state index in [9.17, 15) is 5.11 Å². The van der Waals surface area contributed by atoms with Gasteiger partial charge in [0.1, 0.15) is 0 Å². The first-order valence-corrected chi connectivity index (χ1v) is 7.33. The van der Waals surface area contributed by atoms with E-state index in [1.165, 1.54) is 19.3 Å². The second kappa shape index (κ2) is 8.93. The number of hydrogen-bond donors (Lipinski definition) is 1. The first-order chi connectivity index (χ1) is 8.10. The van der Waals surface area contributed by atoms with Crippen molar-refractivity contribution in [3.8, 4) is 0 Å². The van der Waals surface area contributed by atoms with Gasteiger partial charge in [0.05, 0.1) is 11.7 Å². The van der Waals surface area contributed by atoms with E-state index in [-0.39, 0.29) is 11.7 Å². The number of aliphatic hydroxyl groups is 1. The summed E-state index contributed by atoms with van der Waals surface area (Å²) in [4.78, 5) is 0. The number of hydrogen-bond acceptors (Lipinski definition) is 2. The van der Waals surface area contributed by atoms with E-state index in [4.69, 9.17) is 4.74 Å². The summed E-state index contributed by atoms with van der Waals surface area (Å²) in [6.45, 7) is 8.65. The van der Waals surface area contributed by atoms with Gasteiger partial charge in [0.25, 0.3) is 0 Å². The predicted octanol–water partition coefficient (Wildman–Crippen LogP) is 4.16. The fourth-order valence-corrected chi connectivity index (χ4v) is 2.66. The Hall–Kier alpha value is -0.0800. The van der Waals surface area contributed by atoms with Gasteiger partial charge in [0.2, 0.25) is 0 Å². The Morgan fingerprint density at radius 2 is 1.71 bits per heavy atom. The second-order valence-corrected chi connectivity index (χ2v) is 5.14. The summed E-state index contributed by atoms with van der Waals surface area (Å²) in [5, 5.41) is 10.4. The van der Waals surface area contributed by atoms with E-state index in [1.807, 2.05) is 0 Å². The van der Waals surface area contributed by atoms with Gasteiger partial charge in [-0.15, -0.1) is 0 Å². The van der Waals surface area contributed by atoms with Crippen molar-refractivity contribution < 1.29 is 9.84 Å². The van der Waals surface area contributed by atoms with Crippen LogP contribution >= 0.6 is 0 Å². The Balaban J connectivity index is 4.40. The van der Waals surface area contributed by atoms with Gasteiger partial charge in [0.15, 0.2) is 0 Å². The lowest BCUT2D eigenvalue weighted by Crippen LogP contribution is -2.44. The normalized spacial score (nSPS) is 15.9.